The molecule has 0 aliphatic carbocycles. The van der Waals surface area contributed by atoms with Crippen LogP contribution in [0.25, 0.3) is 10.2 Å². The molecule has 1 N–H and O–H groups in total. The molecule has 27 heavy (non-hydrogen) atoms. The molecule has 1 aliphatic heterocycles. The first-order valence-electron chi connectivity index (χ1n) is 8.46. The first kappa shape index (κ1) is 18.2. The van der Waals surface area contributed by atoms with Crippen molar-refractivity contribution in [3.63, 3.8) is 0 Å². The van der Waals surface area contributed by atoms with Crippen molar-refractivity contribution < 1.29 is 17.9 Å². The van der Waals surface area contributed by atoms with Gasteiger partial charge in [-0.2, -0.15) is 4.31 Å². The van der Waals surface area contributed by atoms with E-state index in [1.807, 2.05) is 24.3 Å². The maximum atomic E-state index is 13.1. The maximum Gasteiger partial charge on any atom is 0.246 e. The number of benzene rings is 2. The highest BCUT2D eigenvalue weighted by Crippen LogP contribution is 2.33. The Morgan fingerprint density at radius 2 is 1.96 bits per heavy atom. The zero-order valence-electron chi connectivity index (χ0n) is 14.7. The number of thiazole rings is 1. The number of methoxy groups -OCH3 is 1. The van der Waals surface area contributed by atoms with Gasteiger partial charge < -0.3 is 14.8 Å². The lowest BCUT2D eigenvalue weighted by molar-refractivity contribution is 0.0729. The van der Waals surface area contributed by atoms with Crippen LogP contribution < -0.4 is 10.1 Å². The van der Waals surface area contributed by atoms with Gasteiger partial charge in [0.1, 0.15) is 10.6 Å². The normalized spacial score (nSPS) is 15.7. The zero-order valence-corrected chi connectivity index (χ0v) is 16.3. The van der Waals surface area contributed by atoms with Crippen molar-refractivity contribution in [2.24, 2.45) is 0 Å². The number of rotatable bonds is 5. The second-order valence-electron chi connectivity index (χ2n) is 5.99. The van der Waals surface area contributed by atoms with Crippen LogP contribution in [0.15, 0.2) is 47.4 Å². The number of aromatic nitrogens is 1. The van der Waals surface area contributed by atoms with Gasteiger partial charge in [-0.15, -0.1) is 0 Å². The molecule has 0 spiro atoms. The minimum atomic E-state index is -3.67. The first-order chi connectivity index (χ1) is 13.1. The molecule has 0 amide bonds. The third-order valence-corrected chi connectivity index (χ3v) is 7.17. The number of nitrogens with one attached hydrogen (secondary N) is 1. The van der Waals surface area contributed by atoms with E-state index in [0.717, 1.165) is 10.2 Å². The molecule has 0 radical (unpaired) electrons. The molecule has 1 aromatic heterocycles. The summed E-state index contributed by atoms with van der Waals surface area (Å²) in [5.74, 6) is 0.316. The van der Waals surface area contributed by atoms with Gasteiger partial charge in [-0.3, -0.25) is 0 Å². The Labute approximate surface area is 161 Å². The highest BCUT2D eigenvalue weighted by molar-refractivity contribution is 7.89. The van der Waals surface area contributed by atoms with E-state index in [-0.39, 0.29) is 4.90 Å². The van der Waals surface area contributed by atoms with Gasteiger partial charge in [-0.1, -0.05) is 23.5 Å². The van der Waals surface area contributed by atoms with Crippen LogP contribution in [0.1, 0.15) is 0 Å². The number of hydrogen-bond acceptors (Lipinski definition) is 7. The summed E-state index contributed by atoms with van der Waals surface area (Å²) in [6.07, 6.45) is 0. The molecule has 2 aromatic carbocycles. The minimum Gasteiger partial charge on any atom is -0.495 e. The number of ether oxygens (including phenoxy) is 2. The van der Waals surface area contributed by atoms with Crippen molar-refractivity contribution in [2.45, 2.75) is 4.90 Å². The maximum absolute atomic E-state index is 13.1. The average Bonchev–Trinajstić information content (AvgIpc) is 3.11. The van der Waals surface area contributed by atoms with Gasteiger partial charge in [-0.05, 0) is 30.3 Å². The Morgan fingerprint density at radius 3 is 2.70 bits per heavy atom. The monoisotopic (exact) mass is 405 g/mol. The van der Waals surface area contributed by atoms with Gasteiger partial charge in [0.25, 0.3) is 0 Å². The highest BCUT2D eigenvalue weighted by Gasteiger charge is 2.29. The second kappa shape index (κ2) is 7.43. The van der Waals surface area contributed by atoms with E-state index in [4.69, 9.17) is 9.47 Å². The summed E-state index contributed by atoms with van der Waals surface area (Å²) in [7, 11) is -2.21. The third kappa shape index (κ3) is 3.63. The molecule has 1 aliphatic rings. The average molecular weight is 406 g/mol. The van der Waals surface area contributed by atoms with Gasteiger partial charge in [0.2, 0.25) is 10.0 Å². The van der Waals surface area contributed by atoms with E-state index in [2.05, 4.69) is 10.3 Å². The van der Waals surface area contributed by atoms with Crippen LogP contribution in [-0.4, -0.2) is 51.1 Å². The van der Waals surface area contributed by atoms with E-state index in [9.17, 15) is 8.42 Å². The van der Waals surface area contributed by atoms with Crippen molar-refractivity contribution in [3.05, 3.63) is 42.5 Å². The number of anilines is 2. The van der Waals surface area contributed by atoms with E-state index >= 15 is 0 Å². The fourth-order valence-electron chi connectivity index (χ4n) is 2.93. The van der Waals surface area contributed by atoms with Gasteiger partial charge in [0, 0.05) is 18.8 Å². The molecule has 4 rings (SSSR count). The van der Waals surface area contributed by atoms with E-state index in [0.29, 0.717) is 42.9 Å². The summed E-state index contributed by atoms with van der Waals surface area (Å²) in [6.45, 7) is 1.46. The largest absolute Gasteiger partial charge is 0.495 e. The lowest BCUT2D eigenvalue weighted by Crippen LogP contribution is -2.40. The van der Waals surface area contributed by atoms with Crippen molar-refractivity contribution in [1.82, 2.24) is 9.29 Å². The lowest BCUT2D eigenvalue weighted by Gasteiger charge is -2.26. The molecule has 0 atom stereocenters. The topological polar surface area (TPSA) is 80.8 Å². The number of nitrogens with zero attached hydrogens (tertiary/aromatic N) is 2. The number of hydrogen-bond donors (Lipinski definition) is 1. The fourth-order valence-corrected chi connectivity index (χ4v) is 5.41. The van der Waals surface area contributed by atoms with Crippen molar-refractivity contribution in [1.29, 1.82) is 0 Å². The lowest BCUT2D eigenvalue weighted by atomic mass is 10.3. The molecular formula is C18H19N3O4S2. The number of sulfonamides is 1. The van der Waals surface area contributed by atoms with Crippen LogP contribution in [0.2, 0.25) is 0 Å². The molecule has 0 saturated carbocycles. The smallest absolute Gasteiger partial charge is 0.246 e. The van der Waals surface area contributed by atoms with Gasteiger partial charge in [0.15, 0.2) is 5.13 Å². The molecular weight excluding hydrogens is 386 g/mol. The van der Waals surface area contributed by atoms with Gasteiger partial charge in [-0.25, -0.2) is 13.4 Å². The van der Waals surface area contributed by atoms with E-state index in [1.54, 1.807) is 18.2 Å². The molecule has 2 heterocycles. The SMILES string of the molecule is COc1ccc(Nc2nc3ccccc3s2)cc1S(=O)(=O)N1CCOCC1. The summed E-state index contributed by atoms with van der Waals surface area (Å²) in [5, 5.41) is 3.91. The number of fused-ring (bicyclic) bond motifs is 1. The zero-order chi connectivity index (χ0) is 18.9. The Morgan fingerprint density at radius 1 is 1.19 bits per heavy atom. The summed E-state index contributed by atoms with van der Waals surface area (Å²) >= 11 is 1.51. The Kier molecular flexibility index (Phi) is 5.00. The summed E-state index contributed by atoms with van der Waals surface area (Å²) in [4.78, 5) is 4.67. The molecule has 9 heteroatoms. The predicted molar refractivity (Wildman–Crippen MR) is 105 cm³/mol. The molecule has 1 fully saturated rings. The van der Waals surface area contributed by atoms with E-state index in [1.165, 1.54) is 22.8 Å². The van der Waals surface area contributed by atoms with Gasteiger partial charge in [0.05, 0.1) is 30.5 Å². The molecule has 142 valence electrons. The minimum absolute atomic E-state index is 0.137. The Bertz CT molecular complexity index is 1030. The molecule has 0 unspecified atom stereocenters. The molecule has 7 nitrogen and oxygen atoms in total. The quantitative estimate of drug-likeness (QED) is 0.703. The van der Waals surface area contributed by atoms with Crippen molar-refractivity contribution in [3.8, 4) is 5.75 Å². The van der Waals surface area contributed by atoms with Crippen LogP contribution in [0.4, 0.5) is 10.8 Å². The molecule has 1 saturated heterocycles. The standard InChI is InChI=1S/C18H19N3O4S2/c1-24-15-7-6-13(19-18-20-14-4-2-3-5-16(14)26-18)12-17(15)27(22,23)21-8-10-25-11-9-21/h2-7,12H,8-11H2,1H3,(H,19,20). The van der Waals surface area contributed by atoms with Crippen LogP contribution >= 0.6 is 11.3 Å². The molecule has 3 aromatic rings. The summed E-state index contributed by atoms with van der Waals surface area (Å²) in [6, 6.07) is 12.9. The Hall–Kier alpha value is -2.20. The summed E-state index contributed by atoms with van der Waals surface area (Å²) < 4.78 is 39.2. The van der Waals surface area contributed by atoms with Crippen molar-refractivity contribution in [2.75, 3.05) is 38.7 Å². The predicted octanol–water partition coefficient (Wildman–Crippen LogP) is 3.07. The summed E-state index contributed by atoms with van der Waals surface area (Å²) in [5.41, 5.74) is 1.54. The van der Waals surface area contributed by atoms with Crippen LogP contribution in [0.3, 0.4) is 0 Å². The third-order valence-electron chi connectivity index (χ3n) is 4.30. The van der Waals surface area contributed by atoms with Crippen LogP contribution in [0, 0.1) is 0 Å². The second-order valence-corrected chi connectivity index (χ2v) is 8.93. The Balaban J connectivity index is 1.67. The van der Waals surface area contributed by atoms with E-state index < -0.39 is 10.0 Å². The highest BCUT2D eigenvalue weighted by atomic mass is 32.2. The van der Waals surface area contributed by atoms with Crippen molar-refractivity contribution >= 4 is 42.4 Å². The van der Waals surface area contributed by atoms with Gasteiger partial charge >= 0.3 is 0 Å². The number of para-hydroxylation sites is 1. The van der Waals surface area contributed by atoms with Crippen LogP contribution in [0.5, 0.6) is 5.75 Å². The number of morpholine rings is 1. The fraction of sp³-hybridized carbons (Fsp3) is 0.278. The molecule has 0 bridgehead atoms. The first-order valence-corrected chi connectivity index (χ1v) is 10.7. The van der Waals surface area contributed by atoms with Crippen LogP contribution in [-0.2, 0) is 14.8 Å².